The summed E-state index contributed by atoms with van der Waals surface area (Å²) < 4.78 is 0. The van der Waals surface area contributed by atoms with Gasteiger partial charge in [0.25, 0.3) is 0 Å². The lowest BCUT2D eigenvalue weighted by Gasteiger charge is -2.10. The summed E-state index contributed by atoms with van der Waals surface area (Å²) in [5.74, 6) is -0.114. The second-order valence-corrected chi connectivity index (χ2v) is 5.31. The zero-order valence-electron chi connectivity index (χ0n) is 11.1. The van der Waals surface area contributed by atoms with Crippen LogP contribution in [0.5, 0.6) is 0 Å². The third-order valence-corrected chi connectivity index (χ3v) is 3.43. The highest BCUT2D eigenvalue weighted by molar-refractivity contribution is 6.30. The summed E-state index contributed by atoms with van der Waals surface area (Å²) in [6.07, 6.45) is 6.79. The van der Waals surface area contributed by atoms with Gasteiger partial charge in [-0.1, -0.05) is 35.9 Å². The van der Waals surface area contributed by atoms with E-state index in [9.17, 15) is 9.59 Å². The van der Waals surface area contributed by atoms with Crippen molar-refractivity contribution < 1.29 is 9.59 Å². The molecule has 20 heavy (non-hydrogen) atoms. The number of hydrogen-bond acceptors (Lipinski definition) is 2. The van der Waals surface area contributed by atoms with Crippen LogP contribution in [0, 0.1) is 5.92 Å². The fraction of sp³-hybridized carbons (Fsp3) is 0.333. The first-order valence-electron chi connectivity index (χ1n) is 6.62. The molecular weight excluding hydrogens is 276 g/mol. The van der Waals surface area contributed by atoms with Gasteiger partial charge in [-0.15, -0.1) is 0 Å². The normalized spacial score (nSPS) is 16.9. The summed E-state index contributed by atoms with van der Waals surface area (Å²) in [7, 11) is 0. The van der Waals surface area contributed by atoms with Crippen molar-refractivity contribution in [2.45, 2.75) is 25.7 Å². The number of rotatable bonds is 4. The van der Waals surface area contributed by atoms with Crippen molar-refractivity contribution in [3.63, 3.8) is 0 Å². The molecule has 1 atom stereocenters. The molecule has 0 fully saturated rings. The topological polar surface area (TPSA) is 58.2 Å². The third kappa shape index (κ3) is 4.70. The Hall–Kier alpha value is -1.81. The van der Waals surface area contributed by atoms with Crippen LogP contribution in [0.4, 0.5) is 0 Å². The van der Waals surface area contributed by atoms with Gasteiger partial charge in [-0.3, -0.25) is 20.4 Å². The average Bonchev–Trinajstić information content (AvgIpc) is 2.92. The lowest BCUT2D eigenvalue weighted by atomic mass is 10.1. The highest BCUT2D eigenvalue weighted by Crippen LogP contribution is 2.19. The standard InChI is InChI=1S/C15H17ClN2O2/c16-13-7-5-12(6-8-13)10-15(20)18-17-14(19)9-11-3-1-2-4-11/h1,3,5-8,11H,2,4,9-10H2,(H,17,19)(H,18,20). The highest BCUT2D eigenvalue weighted by Gasteiger charge is 2.14. The Morgan fingerprint density at radius 1 is 1.15 bits per heavy atom. The maximum absolute atomic E-state index is 11.7. The second kappa shape index (κ2) is 7.10. The molecule has 0 bridgehead atoms. The fourth-order valence-electron chi connectivity index (χ4n) is 2.13. The van der Waals surface area contributed by atoms with Crippen LogP contribution in [0.15, 0.2) is 36.4 Å². The van der Waals surface area contributed by atoms with E-state index >= 15 is 0 Å². The zero-order chi connectivity index (χ0) is 14.4. The van der Waals surface area contributed by atoms with Crippen LogP contribution in [-0.4, -0.2) is 11.8 Å². The molecule has 0 radical (unpaired) electrons. The Morgan fingerprint density at radius 2 is 1.85 bits per heavy atom. The first kappa shape index (κ1) is 14.6. The summed E-state index contributed by atoms with van der Waals surface area (Å²) >= 11 is 5.77. The van der Waals surface area contributed by atoms with E-state index in [1.807, 2.05) is 0 Å². The molecule has 5 heteroatoms. The van der Waals surface area contributed by atoms with E-state index in [0.717, 1.165) is 18.4 Å². The van der Waals surface area contributed by atoms with E-state index in [0.29, 0.717) is 17.4 Å². The zero-order valence-corrected chi connectivity index (χ0v) is 11.8. The molecule has 1 unspecified atom stereocenters. The number of carbonyl (C=O) groups is 2. The van der Waals surface area contributed by atoms with Crippen LogP contribution >= 0.6 is 11.6 Å². The van der Waals surface area contributed by atoms with E-state index < -0.39 is 0 Å². The summed E-state index contributed by atoms with van der Waals surface area (Å²) in [6, 6.07) is 7.03. The fourth-order valence-corrected chi connectivity index (χ4v) is 2.25. The number of hydrazine groups is 1. The van der Waals surface area contributed by atoms with Crippen molar-refractivity contribution in [3.8, 4) is 0 Å². The van der Waals surface area contributed by atoms with Crippen molar-refractivity contribution in [3.05, 3.63) is 47.0 Å². The van der Waals surface area contributed by atoms with E-state index in [2.05, 4.69) is 23.0 Å². The van der Waals surface area contributed by atoms with Gasteiger partial charge in [-0.25, -0.2) is 0 Å². The van der Waals surface area contributed by atoms with E-state index in [4.69, 9.17) is 11.6 Å². The minimum absolute atomic E-state index is 0.161. The van der Waals surface area contributed by atoms with Crippen molar-refractivity contribution in [1.82, 2.24) is 10.9 Å². The minimum Gasteiger partial charge on any atom is -0.273 e. The third-order valence-electron chi connectivity index (χ3n) is 3.18. The molecule has 106 valence electrons. The Morgan fingerprint density at radius 3 is 2.50 bits per heavy atom. The van der Waals surface area contributed by atoms with Crippen LogP contribution in [0.1, 0.15) is 24.8 Å². The van der Waals surface area contributed by atoms with Crippen LogP contribution < -0.4 is 10.9 Å². The first-order valence-corrected chi connectivity index (χ1v) is 7.00. The molecule has 0 saturated heterocycles. The lowest BCUT2D eigenvalue weighted by molar-refractivity contribution is -0.128. The van der Waals surface area contributed by atoms with E-state index in [1.54, 1.807) is 24.3 Å². The number of carbonyl (C=O) groups excluding carboxylic acids is 2. The van der Waals surface area contributed by atoms with Crippen molar-refractivity contribution in [1.29, 1.82) is 0 Å². The number of halogens is 1. The number of allylic oxidation sites excluding steroid dienone is 2. The van der Waals surface area contributed by atoms with Gasteiger partial charge < -0.3 is 0 Å². The molecule has 4 nitrogen and oxygen atoms in total. The molecule has 0 aromatic heterocycles. The quantitative estimate of drug-likeness (QED) is 0.661. The van der Waals surface area contributed by atoms with Gasteiger partial charge in [0.1, 0.15) is 0 Å². The molecule has 0 heterocycles. The van der Waals surface area contributed by atoms with Gasteiger partial charge in [0.05, 0.1) is 6.42 Å². The Kier molecular flexibility index (Phi) is 5.18. The molecule has 1 aliphatic carbocycles. The van der Waals surface area contributed by atoms with Crippen LogP contribution in [-0.2, 0) is 16.0 Å². The molecule has 2 rings (SSSR count). The predicted octanol–water partition coefficient (Wildman–Crippen LogP) is 2.39. The number of nitrogens with one attached hydrogen (secondary N) is 2. The Bertz CT molecular complexity index is 511. The number of hydrogen-bond donors (Lipinski definition) is 2. The molecule has 2 N–H and O–H groups in total. The molecule has 0 saturated carbocycles. The molecular formula is C15H17ClN2O2. The molecule has 1 aliphatic rings. The van der Waals surface area contributed by atoms with E-state index in [-0.39, 0.29) is 18.2 Å². The van der Waals surface area contributed by atoms with Gasteiger partial charge in [-0.2, -0.15) is 0 Å². The number of benzene rings is 1. The largest absolute Gasteiger partial charge is 0.273 e. The van der Waals surface area contributed by atoms with Crippen molar-refractivity contribution >= 4 is 23.4 Å². The summed E-state index contributed by atoms with van der Waals surface area (Å²) in [5, 5.41) is 0.632. The highest BCUT2D eigenvalue weighted by atomic mass is 35.5. The summed E-state index contributed by atoms with van der Waals surface area (Å²) in [5.41, 5.74) is 5.71. The van der Waals surface area contributed by atoms with E-state index in [1.165, 1.54) is 0 Å². The Balaban J connectivity index is 1.70. The number of amides is 2. The van der Waals surface area contributed by atoms with Gasteiger partial charge in [-0.05, 0) is 36.5 Å². The first-order chi connectivity index (χ1) is 9.63. The van der Waals surface area contributed by atoms with Gasteiger partial charge in [0, 0.05) is 11.4 Å². The lowest BCUT2D eigenvalue weighted by Crippen LogP contribution is -2.42. The SMILES string of the molecule is O=C(Cc1ccc(Cl)cc1)NNC(=O)CC1C=CCC1. The summed E-state index contributed by atoms with van der Waals surface area (Å²) in [6.45, 7) is 0. The predicted molar refractivity (Wildman–Crippen MR) is 77.9 cm³/mol. The van der Waals surface area contributed by atoms with Gasteiger partial charge in [0.2, 0.25) is 11.8 Å². The molecule has 2 amide bonds. The molecule has 0 aliphatic heterocycles. The van der Waals surface area contributed by atoms with Crippen molar-refractivity contribution in [2.24, 2.45) is 5.92 Å². The maximum Gasteiger partial charge on any atom is 0.242 e. The monoisotopic (exact) mass is 292 g/mol. The van der Waals surface area contributed by atoms with Crippen LogP contribution in [0.25, 0.3) is 0 Å². The maximum atomic E-state index is 11.7. The summed E-state index contributed by atoms with van der Waals surface area (Å²) in [4.78, 5) is 23.3. The second-order valence-electron chi connectivity index (χ2n) is 4.87. The molecule has 1 aromatic rings. The average molecular weight is 293 g/mol. The van der Waals surface area contributed by atoms with Gasteiger partial charge in [0.15, 0.2) is 0 Å². The van der Waals surface area contributed by atoms with Crippen LogP contribution in [0.3, 0.4) is 0 Å². The molecule has 1 aromatic carbocycles. The smallest absolute Gasteiger partial charge is 0.242 e. The van der Waals surface area contributed by atoms with Crippen molar-refractivity contribution in [2.75, 3.05) is 0 Å². The van der Waals surface area contributed by atoms with Gasteiger partial charge >= 0.3 is 0 Å². The molecule has 0 spiro atoms. The van der Waals surface area contributed by atoms with Crippen LogP contribution in [0.2, 0.25) is 5.02 Å². The minimum atomic E-state index is -0.248. The Labute approximate surface area is 123 Å².